The third-order valence-electron chi connectivity index (χ3n) is 3.75. The molecular weight excluding hydrogens is 407 g/mol. The topological polar surface area (TPSA) is 117 Å². The molecule has 28 heavy (non-hydrogen) atoms. The van der Waals surface area contributed by atoms with E-state index in [2.05, 4.69) is 0 Å². The molecule has 0 radical (unpaired) electrons. The van der Waals surface area contributed by atoms with Crippen molar-refractivity contribution in [3.63, 3.8) is 0 Å². The highest BCUT2D eigenvalue weighted by molar-refractivity contribution is 7.89. The second-order valence-corrected chi connectivity index (χ2v) is 7.97. The highest BCUT2D eigenvalue weighted by Gasteiger charge is 2.19. The molecule has 0 saturated heterocycles. The first-order chi connectivity index (χ1) is 13.3. The van der Waals surface area contributed by atoms with Crippen LogP contribution in [0.4, 0.5) is 10.1 Å². The summed E-state index contributed by atoms with van der Waals surface area (Å²) in [4.78, 5) is -0.644. The maximum Gasteiger partial charge on any atom is 0.240 e. The zero-order valence-electron chi connectivity index (χ0n) is 14.2. The van der Waals surface area contributed by atoms with Crippen molar-refractivity contribution in [1.29, 1.82) is 0 Å². The Morgan fingerprint density at radius 3 is 2.43 bits per heavy atom. The van der Waals surface area contributed by atoms with Crippen LogP contribution in [0, 0.1) is 5.82 Å². The number of nitrogens with zero attached hydrogens (tertiary/aromatic N) is 1. The molecule has 1 heterocycles. The normalized spacial score (nSPS) is 13.0. The number of halogens is 1. The van der Waals surface area contributed by atoms with Gasteiger partial charge >= 0.3 is 0 Å². The quantitative estimate of drug-likeness (QED) is 0.614. The number of sulfonamides is 1. The molecule has 2 aromatic carbocycles. The number of furan rings is 1. The monoisotopic (exact) mass is 421 g/mol. The molecule has 3 aromatic rings. The molecule has 0 fully saturated rings. The van der Waals surface area contributed by atoms with Gasteiger partial charge in [-0.05, 0) is 42.0 Å². The maximum atomic E-state index is 13.4. The fourth-order valence-electron chi connectivity index (χ4n) is 2.46. The molecule has 0 saturated carbocycles. The smallest absolute Gasteiger partial charge is 0.240 e. The zero-order chi connectivity index (χ0) is 20.3. The van der Waals surface area contributed by atoms with Crippen molar-refractivity contribution in [2.24, 2.45) is 5.14 Å². The molecule has 1 atom stereocenters. The van der Waals surface area contributed by atoms with Crippen molar-refractivity contribution in [3.05, 3.63) is 78.4 Å². The van der Waals surface area contributed by atoms with Gasteiger partial charge in [-0.15, -0.1) is 0 Å². The van der Waals surface area contributed by atoms with Crippen molar-refractivity contribution in [2.45, 2.75) is 4.90 Å². The van der Waals surface area contributed by atoms with Gasteiger partial charge in [-0.1, -0.05) is 24.3 Å². The molecule has 0 aliphatic carbocycles. The number of rotatable bonds is 6. The average Bonchev–Trinajstić information content (AvgIpc) is 3.17. The molecule has 0 aliphatic heterocycles. The standard InChI is InChI=1S/C18H15FN2O5S2/c19-15-7-8-16(18(12-15)28(20,24)25)21(27(22)23)10-9-13-3-5-14(6-4-13)17-2-1-11-26-17/h1-12H,(H,22,23)(H2,20,24,25)/p-1. The van der Waals surface area contributed by atoms with Crippen LogP contribution < -0.4 is 9.44 Å². The van der Waals surface area contributed by atoms with E-state index in [4.69, 9.17) is 9.56 Å². The third kappa shape index (κ3) is 4.54. The Bertz CT molecular complexity index is 1130. The predicted molar refractivity (Wildman–Crippen MR) is 102 cm³/mol. The molecule has 146 valence electrons. The Hall–Kier alpha value is -2.79. The first-order valence-electron chi connectivity index (χ1n) is 7.79. The van der Waals surface area contributed by atoms with E-state index in [0.29, 0.717) is 21.7 Å². The molecule has 0 spiro atoms. The molecule has 0 amide bonds. The van der Waals surface area contributed by atoms with Crippen molar-refractivity contribution in [2.75, 3.05) is 4.31 Å². The molecular formula is C18H14FN2O5S2-. The van der Waals surface area contributed by atoms with Gasteiger partial charge in [0.2, 0.25) is 10.0 Å². The zero-order valence-corrected chi connectivity index (χ0v) is 15.8. The summed E-state index contributed by atoms with van der Waals surface area (Å²) in [7, 11) is -4.35. The van der Waals surface area contributed by atoms with Crippen molar-refractivity contribution in [3.8, 4) is 11.3 Å². The van der Waals surface area contributed by atoms with E-state index in [-0.39, 0.29) is 5.69 Å². The lowest BCUT2D eigenvalue weighted by molar-refractivity contribution is 0.536. The molecule has 3 rings (SSSR count). The van der Waals surface area contributed by atoms with Gasteiger partial charge in [-0.25, -0.2) is 17.9 Å². The SMILES string of the molecule is NS(=O)(=O)c1cc(F)ccc1N(C=Cc1ccc(-c2ccco2)cc1)S(=O)[O-]. The number of hydrogen-bond acceptors (Lipinski definition) is 5. The number of anilines is 1. The first kappa shape index (κ1) is 20.0. The van der Waals surface area contributed by atoms with Gasteiger partial charge in [-0.3, -0.25) is 8.51 Å². The van der Waals surface area contributed by atoms with E-state index in [0.717, 1.165) is 23.9 Å². The second-order valence-electron chi connectivity index (χ2n) is 5.62. The summed E-state index contributed by atoms with van der Waals surface area (Å²) in [5.74, 6) is -0.177. The average molecular weight is 421 g/mol. The summed E-state index contributed by atoms with van der Waals surface area (Å²) in [6.07, 6.45) is 4.15. The van der Waals surface area contributed by atoms with Crippen LogP contribution in [0.5, 0.6) is 0 Å². The summed E-state index contributed by atoms with van der Waals surface area (Å²) in [6.45, 7) is 0. The molecule has 1 unspecified atom stereocenters. The van der Waals surface area contributed by atoms with Gasteiger partial charge in [0.15, 0.2) is 0 Å². The van der Waals surface area contributed by atoms with Crippen LogP contribution >= 0.6 is 0 Å². The number of benzene rings is 2. The molecule has 1 aromatic heterocycles. The Kier molecular flexibility index (Phi) is 5.75. The lowest BCUT2D eigenvalue weighted by atomic mass is 10.1. The highest BCUT2D eigenvalue weighted by atomic mass is 32.2. The molecule has 0 aliphatic rings. The highest BCUT2D eigenvalue weighted by Crippen LogP contribution is 2.27. The lowest BCUT2D eigenvalue weighted by Crippen LogP contribution is -2.23. The Morgan fingerprint density at radius 1 is 1.14 bits per heavy atom. The van der Waals surface area contributed by atoms with Gasteiger partial charge in [0.05, 0.1) is 23.2 Å². The predicted octanol–water partition coefficient (Wildman–Crippen LogP) is 3.00. The minimum absolute atomic E-state index is 0.291. The number of nitrogens with two attached hydrogens (primary N) is 1. The van der Waals surface area contributed by atoms with Gasteiger partial charge in [0.1, 0.15) is 16.5 Å². The van der Waals surface area contributed by atoms with Crippen LogP contribution in [-0.2, 0) is 21.3 Å². The Morgan fingerprint density at radius 2 is 1.86 bits per heavy atom. The number of primary sulfonamides is 1. The van der Waals surface area contributed by atoms with E-state index in [1.165, 1.54) is 6.08 Å². The van der Waals surface area contributed by atoms with Crippen LogP contribution in [0.15, 0.2) is 76.4 Å². The van der Waals surface area contributed by atoms with E-state index in [1.807, 2.05) is 0 Å². The van der Waals surface area contributed by atoms with E-state index in [1.54, 1.807) is 42.7 Å². The Balaban J connectivity index is 1.93. The van der Waals surface area contributed by atoms with Crippen LogP contribution in [0.1, 0.15) is 5.56 Å². The van der Waals surface area contributed by atoms with E-state index < -0.39 is 32.0 Å². The molecule has 10 heteroatoms. The minimum Gasteiger partial charge on any atom is -0.755 e. The van der Waals surface area contributed by atoms with Crippen LogP contribution in [0.25, 0.3) is 17.4 Å². The maximum absolute atomic E-state index is 13.4. The Labute approximate surface area is 163 Å². The van der Waals surface area contributed by atoms with Crippen molar-refractivity contribution >= 4 is 33.1 Å². The van der Waals surface area contributed by atoms with Crippen LogP contribution in [0.3, 0.4) is 0 Å². The summed E-state index contributed by atoms with van der Waals surface area (Å²) in [6, 6.07) is 13.2. The minimum atomic E-state index is -4.35. The van der Waals surface area contributed by atoms with Crippen molar-refractivity contribution < 1.29 is 26.0 Å². The van der Waals surface area contributed by atoms with Gasteiger partial charge < -0.3 is 8.97 Å². The van der Waals surface area contributed by atoms with E-state index in [9.17, 15) is 21.6 Å². The third-order valence-corrected chi connectivity index (χ3v) is 5.32. The molecule has 7 nitrogen and oxygen atoms in total. The van der Waals surface area contributed by atoms with Crippen molar-refractivity contribution in [1.82, 2.24) is 0 Å². The van der Waals surface area contributed by atoms with E-state index >= 15 is 0 Å². The first-order valence-corrected chi connectivity index (χ1v) is 10.4. The summed E-state index contributed by atoms with van der Waals surface area (Å²) in [5, 5.41) is 5.08. The fraction of sp³-hybridized carbons (Fsp3) is 0. The summed E-state index contributed by atoms with van der Waals surface area (Å²) >= 11 is -2.87. The van der Waals surface area contributed by atoms with Crippen LogP contribution in [-0.4, -0.2) is 17.2 Å². The lowest BCUT2D eigenvalue weighted by Gasteiger charge is -2.24. The number of hydrogen-bond donors (Lipinski definition) is 1. The second kappa shape index (κ2) is 8.07. The van der Waals surface area contributed by atoms with Crippen LogP contribution in [0.2, 0.25) is 0 Å². The summed E-state index contributed by atoms with van der Waals surface area (Å²) in [5.41, 5.74) is 1.19. The fourth-order valence-corrected chi connectivity index (χ4v) is 3.74. The van der Waals surface area contributed by atoms with Gasteiger partial charge in [0.25, 0.3) is 0 Å². The molecule has 0 bridgehead atoms. The molecule has 2 N–H and O–H groups in total. The van der Waals surface area contributed by atoms with Gasteiger partial charge in [-0.2, -0.15) is 0 Å². The largest absolute Gasteiger partial charge is 0.755 e. The summed E-state index contributed by atoms with van der Waals surface area (Å²) < 4.78 is 66.0. The van der Waals surface area contributed by atoms with Gasteiger partial charge in [0, 0.05) is 11.8 Å².